The molecular weight excluding hydrogens is 240 g/mol. The topological polar surface area (TPSA) is 49.4 Å². The Bertz CT molecular complexity index is 452. The van der Waals surface area contributed by atoms with Crippen LogP contribution in [0.4, 0.5) is 5.69 Å². The van der Waals surface area contributed by atoms with Gasteiger partial charge < -0.3 is 10.2 Å². The standard InChI is InChI=1S/C15H20N2O2/c1-4-10-17(12(3)18)11-15(19)16-14-8-6-13(5-2)7-9-14/h4,6-9H,1,5,10-11H2,2-3H3,(H,16,19). The molecule has 4 nitrogen and oxygen atoms in total. The highest BCUT2D eigenvalue weighted by Gasteiger charge is 2.12. The van der Waals surface area contributed by atoms with E-state index in [1.807, 2.05) is 24.3 Å². The molecule has 0 saturated heterocycles. The highest BCUT2D eigenvalue weighted by molar-refractivity contribution is 5.94. The Morgan fingerprint density at radius 1 is 1.32 bits per heavy atom. The van der Waals surface area contributed by atoms with Gasteiger partial charge >= 0.3 is 0 Å². The Kier molecular flexibility index (Phi) is 5.79. The van der Waals surface area contributed by atoms with Gasteiger partial charge in [0.2, 0.25) is 11.8 Å². The van der Waals surface area contributed by atoms with E-state index in [0.29, 0.717) is 6.54 Å². The molecule has 1 N–H and O–H groups in total. The molecule has 0 aliphatic carbocycles. The second-order valence-electron chi connectivity index (χ2n) is 4.29. The number of carbonyl (C=O) groups excluding carboxylic acids is 2. The van der Waals surface area contributed by atoms with E-state index in [1.54, 1.807) is 6.08 Å². The van der Waals surface area contributed by atoms with Gasteiger partial charge in [-0.05, 0) is 24.1 Å². The van der Waals surface area contributed by atoms with Crippen molar-refractivity contribution in [1.29, 1.82) is 0 Å². The van der Waals surface area contributed by atoms with Crippen molar-refractivity contribution in [3.05, 3.63) is 42.5 Å². The van der Waals surface area contributed by atoms with Crippen LogP contribution in [0.1, 0.15) is 19.4 Å². The van der Waals surface area contributed by atoms with Gasteiger partial charge in [0.05, 0.1) is 0 Å². The molecule has 0 aliphatic heterocycles. The number of benzene rings is 1. The van der Waals surface area contributed by atoms with E-state index < -0.39 is 0 Å². The van der Waals surface area contributed by atoms with Crippen LogP contribution in [-0.2, 0) is 16.0 Å². The Labute approximate surface area is 114 Å². The van der Waals surface area contributed by atoms with E-state index >= 15 is 0 Å². The number of carbonyl (C=O) groups is 2. The van der Waals surface area contributed by atoms with E-state index in [-0.39, 0.29) is 18.4 Å². The summed E-state index contributed by atoms with van der Waals surface area (Å²) in [5.74, 6) is -0.349. The van der Waals surface area contributed by atoms with Crippen LogP contribution in [-0.4, -0.2) is 29.8 Å². The predicted molar refractivity (Wildman–Crippen MR) is 76.9 cm³/mol. The van der Waals surface area contributed by atoms with Gasteiger partial charge in [-0.3, -0.25) is 9.59 Å². The summed E-state index contributed by atoms with van der Waals surface area (Å²) in [6, 6.07) is 7.68. The molecular formula is C15H20N2O2. The van der Waals surface area contributed by atoms with Crippen LogP contribution < -0.4 is 5.32 Å². The summed E-state index contributed by atoms with van der Waals surface area (Å²) in [6.45, 7) is 7.49. The fraction of sp³-hybridized carbons (Fsp3) is 0.333. The van der Waals surface area contributed by atoms with Crippen molar-refractivity contribution < 1.29 is 9.59 Å². The Morgan fingerprint density at radius 2 is 1.95 bits per heavy atom. The Morgan fingerprint density at radius 3 is 2.42 bits per heavy atom. The number of rotatable bonds is 6. The lowest BCUT2D eigenvalue weighted by molar-refractivity contribution is -0.132. The summed E-state index contributed by atoms with van der Waals surface area (Å²) < 4.78 is 0. The number of hydrogen-bond acceptors (Lipinski definition) is 2. The molecule has 0 unspecified atom stereocenters. The third-order valence-electron chi connectivity index (χ3n) is 2.78. The minimum Gasteiger partial charge on any atom is -0.330 e. The highest BCUT2D eigenvalue weighted by atomic mass is 16.2. The second kappa shape index (κ2) is 7.36. The maximum Gasteiger partial charge on any atom is 0.244 e. The third-order valence-corrected chi connectivity index (χ3v) is 2.78. The molecule has 102 valence electrons. The number of anilines is 1. The minimum atomic E-state index is -0.207. The minimum absolute atomic E-state index is 0.0386. The second-order valence-corrected chi connectivity index (χ2v) is 4.29. The van der Waals surface area contributed by atoms with Crippen molar-refractivity contribution in [3.8, 4) is 0 Å². The summed E-state index contributed by atoms with van der Waals surface area (Å²) in [4.78, 5) is 24.6. The van der Waals surface area contributed by atoms with Gasteiger partial charge in [0, 0.05) is 19.2 Å². The lowest BCUT2D eigenvalue weighted by Crippen LogP contribution is -2.36. The molecule has 1 rings (SSSR count). The smallest absolute Gasteiger partial charge is 0.244 e. The van der Waals surface area contributed by atoms with Gasteiger partial charge in [0.1, 0.15) is 6.54 Å². The predicted octanol–water partition coefficient (Wildman–Crippen LogP) is 2.22. The summed E-state index contributed by atoms with van der Waals surface area (Å²) in [6.07, 6.45) is 2.57. The van der Waals surface area contributed by atoms with Crippen molar-refractivity contribution >= 4 is 17.5 Å². The molecule has 19 heavy (non-hydrogen) atoms. The SMILES string of the molecule is C=CCN(CC(=O)Nc1ccc(CC)cc1)C(C)=O. The maximum absolute atomic E-state index is 11.8. The first kappa shape index (κ1) is 15.0. The molecule has 1 aromatic carbocycles. The van der Waals surface area contributed by atoms with E-state index in [9.17, 15) is 9.59 Å². The first-order valence-electron chi connectivity index (χ1n) is 6.32. The molecule has 2 amide bonds. The van der Waals surface area contributed by atoms with E-state index in [1.165, 1.54) is 17.4 Å². The Hall–Kier alpha value is -2.10. The summed E-state index contributed by atoms with van der Waals surface area (Å²) in [5.41, 5.74) is 1.96. The lowest BCUT2D eigenvalue weighted by atomic mass is 10.1. The molecule has 0 radical (unpaired) electrons. The van der Waals surface area contributed by atoms with Crippen molar-refractivity contribution in [2.75, 3.05) is 18.4 Å². The van der Waals surface area contributed by atoms with E-state index in [2.05, 4.69) is 18.8 Å². The number of amides is 2. The molecule has 0 heterocycles. The first-order chi connectivity index (χ1) is 9.06. The fourth-order valence-electron chi connectivity index (χ4n) is 1.66. The van der Waals surface area contributed by atoms with Crippen LogP contribution in [0.3, 0.4) is 0 Å². The average Bonchev–Trinajstić information content (AvgIpc) is 2.39. The van der Waals surface area contributed by atoms with Crippen LogP contribution in [0.5, 0.6) is 0 Å². The first-order valence-corrected chi connectivity index (χ1v) is 6.32. The average molecular weight is 260 g/mol. The molecule has 0 saturated carbocycles. The van der Waals surface area contributed by atoms with Crippen molar-refractivity contribution in [2.24, 2.45) is 0 Å². The van der Waals surface area contributed by atoms with Crippen LogP contribution in [0.15, 0.2) is 36.9 Å². The molecule has 1 aromatic rings. The number of nitrogens with zero attached hydrogens (tertiary/aromatic N) is 1. The van der Waals surface area contributed by atoms with Crippen molar-refractivity contribution in [2.45, 2.75) is 20.3 Å². The van der Waals surface area contributed by atoms with Gasteiger partial charge in [0.25, 0.3) is 0 Å². The normalized spacial score (nSPS) is 9.79. The maximum atomic E-state index is 11.8. The zero-order chi connectivity index (χ0) is 14.3. The molecule has 0 aromatic heterocycles. The molecule has 0 bridgehead atoms. The van der Waals surface area contributed by atoms with Gasteiger partial charge in [0.15, 0.2) is 0 Å². The van der Waals surface area contributed by atoms with E-state index in [4.69, 9.17) is 0 Å². The van der Waals surface area contributed by atoms with Crippen LogP contribution in [0.25, 0.3) is 0 Å². The third kappa shape index (κ3) is 4.95. The molecule has 0 fully saturated rings. The number of hydrogen-bond donors (Lipinski definition) is 1. The molecule has 0 atom stereocenters. The molecule has 0 aliphatic rings. The quantitative estimate of drug-likeness (QED) is 0.797. The summed E-state index contributed by atoms with van der Waals surface area (Å²) >= 11 is 0. The van der Waals surface area contributed by atoms with Gasteiger partial charge in [-0.2, -0.15) is 0 Å². The summed E-state index contributed by atoms with van der Waals surface area (Å²) in [7, 11) is 0. The fourth-order valence-corrected chi connectivity index (χ4v) is 1.66. The monoisotopic (exact) mass is 260 g/mol. The van der Waals surface area contributed by atoms with Crippen molar-refractivity contribution in [3.63, 3.8) is 0 Å². The number of nitrogens with one attached hydrogen (secondary N) is 1. The zero-order valence-corrected chi connectivity index (χ0v) is 11.5. The van der Waals surface area contributed by atoms with Gasteiger partial charge in [-0.25, -0.2) is 0 Å². The molecule has 4 heteroatoms. The van der Waals surface area contributed by atoms with Crippen molar-refractivity contribution in [1.82, 2.24) is 4.90 Å². The van der Waals surface area contributed by atoms with Gasteiger partial charge in [-0.15, -0.1) is 6.58 Å². The highest BCUT2D eigenvalue weighted by Crippen LogP contribution is 2.09. The van der Waals surface area contributed by atoms with Gasteiger partial charge in [-0.1, -0.05) is 25.1 Å². The van der Waals surface area contributed by atoms with Crippen LogP contribution >= 0.6 is 0 Å². The zero-order valence-electron chi connectivity index (χ0n) is 11.5. The van der Waals surface area contributed by atoms with Crippen LogP contribution in [0.2, 0.25) is 0 Å². The number of aryl methyl sites for hydroxylation is 1. The van der Waals surface area contributed by atoms with Crippen LogP contribution in [0, 0.1) is 0 Å². The molecule has 0 spiro atoms. The summed E-state index contributed by atoms with van der Waals surface area (Å²) in [5, 5.41) is 2.77. The van der Waals surface area contributed by atoms with E-state index in [0.717, 1.165) is 12.1 Å². The Balaban J connectivity index is 2.57. The largest absolute Gasteiger partial charge is 0.330 e. The lowest BCUT2D eigenvalue weighted by Gasteiger charge is -2.18.